The van der Waals surface area contributed by atoms with Crippen LogP contribution in [0.5, 0.6) is 5.75 Å². The number of esters is 1. The minimum absolute atomic E-state index is 0.122. The van der Waals surface area contributed by atoms with Gasteiger partial charge in [0.1, 0.15) is 10.6 Å². The molecule has 1 amide bonds. The summed E-state index contributed by atoms with van der Waals surface area (Å²) in [6.45, 7) is 1.83. The summed E-state index contributed by atoms with van der Waals surface area (Å²) in [7, 11) is 0. The number of benzene rings is 2. The normalized spacial score (nSPS) is 12.2. The molecule has 0 unspecified atom stereocenters. The van der Waals surface area contributed by atoms with Crippen molar-refractivity contribution in [1.82, 2.24) is 0 Å². The van der Waals surface area contributed by atoms with E-state index >= 15 is 0 Å². The second-order valence-electron chi connectivity index (χ2n) is 6.19. The standard InChI is InChI=1S/C20H15NO5S.CH3Cl/c1-11(22)26-16-10-15-13(12-4-2-3-5-14(12)16)8-9-21(15)19(23)17-6-7-18(27-17)20(24)25;1-2/h2-7,10H,8-9H2,1H3,(H,24,25);1H3. The number of rotatable bonds is 3. The third-order valence-electron chi connectivity index (χ3n) is 4.50. The van der Waals surface area contributed by atoms with Crippen molar-refractivity contribution in [1.29, 1.82) is 0 Å². The van der Waals surface area contributed by atoms with Crippen LogP contribution in [-0.4, -0.2) is 35.9 Å². The second kappa shape index (κ2) is 8.63. The Hall–Kier alpha value is -2.90. The molecule has 0 fully saturated rings. The summed E-state index contributed by atoms with van der Waals surface area (Å²) in [5.41, 5.74) is 1.71. The molecule has 0 atom stereocenters. The van der Waals surface area contributed by atoms with Gasteiger partial charge in [0, 0.05) is 31.3 Å². The van der Waals surface area contributed by atoms with Gasteiger partial charge in [-0.2, -0.15) is 0 Å². The summed E-state index contributed by atoms with van der Waals surface area (Å²) in [5.74, 6) is -1.33. The number of fused-ring (bicyclic) bond motifs is 3. The smallest absolute Gasteiger partial charge is 0.345 e. The SMILES string of the molecule is CC(=O)Oc1cc2c(c3ccccc13)CCN2C(=O)c1ccc(C(=O)O)s1.CCl. The molecule has 4 rings (SSSR count). The molecule has 8 heteroatoms. The zero-order chi connectivity index (χ0) is 21.1. The first kappa shape index (κ1) is 20.8. The number of carboxylic acid groups (broad SMARTS) is 1. The monoisotopic (exact) mass is 431 g/mol. The number of ether oxygens (including phenoxy) is 1. The minimum atomic E-state index is -1.05. The van der Waals surface area contributed by atoms with Crippen molar-refractivity contribution < 1.29 is 24.2 Å². The van der Waals surface area contributed by atoms with Gasteiger partial charge in [0.2, 0.25) is 0 Å². The fraction of sp³-hybridized carbons (Fsp3) is 0.190. The van der Waals surface area contributed by atoms with Gasteiger partial charge in [-0.1, -0.05) is 24.3 Å². The molecule has 1 aliphatic rings. The van der Waals surface area contributed by atoms with E-state index in [-0.39, 0.29) is 10.8 Å². The van der Waals surface area contributed by atoms with Gasteiger partial charge in [0.15, 0.2) is 0 Å². The molecular formula is C21H18ClNO5S. The summed E-state index contributed by atoms with van der Waals surface area (Å²) < 4.78 is 5.37. The van der Waals surface area contributed by atoms with E-state index in [0.29, 0.717) is 29.3 Å². The molecule has 0 aliphatic carbocycles. The number of hydrogen-bond donors (Lipinski definition) is 1. The van der Waals surface area contributed by atoms with Crippen molar-refractivity contribution in [3.63, 3.8) is 0 Å². The Labute approximate surface area is 176 Å². The van der Waals surface area contributed by atoms with Crippen molar-refractivity contribution in [3.8, 4) is 5.75 Å². The molecule has 1 aromatic heterocycles. The molecule has 3 aromatic rings. The highest BCUT2D eigenvalue weighted by molar-refractivity contribution is 7.16. The summed E-state index contributed by atoms with van der Waals surface area (Å²) in [4.78, 5) is 37.6. The van der Waals surface area contributed by atoms with Crippen LogP contribution >= 0.6 is 22.9 Å². The number of halogens is 1. The second-order valence-corrected chi connectivity index (χ2v) is 7.27. The Kier molecular flexibility index (Phi) is 6.20. The zero-order valence-corrected chi connectivity index (χ0v) is 17.3. The molecule has 0 saturated carbocycles. The fourth-order valence-corrected chi connectivity index (χ4v) is 4.18. The number of nitrogens with zero attached hydrogens (tertiary/aromatic N) is 1. The van der Waals surface area contributed by atoms with E-state index in [0.717, 1.165) is 27.7 Å². The van der Waals surface area contributed by atoms with E-state index in [1.165, 1.54) is 25.4 Å². The minimum Gasteiger partial charge on any atom is -0.477 e. The lowest BCUT2D eigenvalue weighted by atomic mass is 10.0. The van der Waals surface area contributed by atoms with Crippen LogP contribution in [0.15, 0.2) is 42.5 Å². The molecule has 6 nitrogen and oxygen atoms in total. The number of thiophene rings is 1. The highest BCUT2D eigenvalue weighted by atomic mass is 35.5. The van der Waals surface area contributed by atoms with Crippen molar-refractivity contribution in [2.24, 2.45) is 0 Å². The number of carbonyl (C=O) groups is 3. The maximum Gasteiger partial charge on any atom is 0.345 e. The van der Waals surface area contributed by atoms with Crippen LogP contribution in [0.2, 0.25) is 0 Å². The van der Waals surface area contributed by atoms with Gasteiger partial charge in [-0.3, -0.25) is 9.59 Å². The average molecular weight is 432 g/mol. The first-order valence-electron chi connectivity index (χ1n) is 8.71. The number of hydrogen-bond acceptors (Lipinski definition) is 5. The number of aromatic carboxylic acids is 1. The van der Waals surface area contributed by atoms with Crippen LogP contribution < -0.4 is 9.64 Å². The van der Waals surface area contributed by atoms with Gasteiger partial charge in [-0.15, -0.1) is 22.9 Å². The molecule has 0 bridgehead atoms. The van der Waals surface area contributed by atoms with Crippen LogP contribution in [-0.2, 0) is 11.2 Å². The van der Waals surface area contributed by atoms with E-state index in [4.69, 9.17) is 9.84 Å². The Morgan fingerprint density at radius 2 is 1.72 bits per heavy atom. The number of carbonyl (C=O) groups excluding carboxylic acids is 2. The largest absolute Gasteiger partial charge is 0.477 e. The quantitative estimate of drug-likeness (QED) is 0.372. The summed E-state index contributed by atoms with van der Waals surface area (Å²) in [5, 5.41) is 10.8. The molecule has 1 aliphatic heterocycles. The Balaban J connectivity index is 0.00000117. The number of anilines is 1. The van der Waals surface area contributed by atoms with Gasteiger partial charge in [0.25, 0.3) is 5.91 Å². The van der Waals surface area contributed by atoms with Crippen LogP contribution in [0.4, 0.5) is 5.69 Å². The summed E-state index contributed by atoms with van der Waals surface area (Å²) >= 11 is 5.59. The topological polar surface area (TPSA) is 83.9 Å². The van der Waals surface area contributed by atoms with Crippen molar-refractivity contribution in [2.75, 3.05) is 17.8 Å². The lowest BCUT2D eigenvalue weighted by molar-refractivity contribution is -0.131. The summed E-state index contributed by atoms with van der Waals surface area (Å²) in [6, 6.07) is 12.3. The Morgan fingerprint density at radius 1 is 1.07 bits per heavy atom. The molecular weight excluding hydrogens is 414 g/mol. The number of amides is 1. The van der Waals surface area contributed by atoms with Crippen LogP contribution in [0, 0.1) is 0 Å². The fourth-order valence-electron chi connectivity index (χ4n) is 3.39. The molecule has 2 heterocycles. The van der Waals surface area contributed by atoms with E-state index in [9.17, 15) is 14.4 Å². The predicted octanol–water partition coefficient (Wildman–Crippen LogP) is 4.58. The molecule has 0 spiro atoms. The first-order chi connectivity index (χ1) is 14.0. The molecule has 150 valence electrons. The van der Waals surface area contributed by atoms with E-state index in [1.807, 2.05) is 24.3 Å². The molecule has 1 N–H and O–H groups in total. The van der Waals surface area contributed by atoms with Crippen molar-refractivity contribution >= 4 is 57.2 Å². The molecule has 2 aromatic carbocycles. The lowest BCUT2D eigenvalue weighted by Crippen LogP contribution is -2.28. The van der Waals surface area contributed by atoms with Crippen LogP contribution in [0.3, 0.4) is 0 Å². The summed E-state index contributed by atoms with van der Waals surface area (Å²) in [6.07, 6.45) is 2.15. The van der Waals surface area contributed by atoms with Gasteiger partial charge in [0.05, 0.1) is 10.6 Å². The Bertz CT molecular complexity index is 1110. The van der Waals surface area contributed by atoms with Gasteiger partial charge in [-0.05, 0) is 29.5 Å². The first-order valence-corrected chi connectivity index (χ1v) is 10.3. The highest BCUT2D eigenvalue weighted by Gasteiger charge is 2.29. The van der Waals surface area contributed by atoms with E-state index < -0.39 is 11.9 Å². The lowest BCUT2D eigenvalue weighted by Gasteiger charge is -2.18. The maximum atomic E-state index is 13.0. The highest BCUT2D eigenvalue weighted by Crippen LogP contribution is 2.41. The third-order valence-corrected chi connectivity index (χ3v) is 5.56. The van der Waals surface area contributed by atoms with Crippen LogP contribution in [0.25, 0.3) is 10.8 Å². The van der Waals surface area contributed by atoms with Crippen molar-refractivity contribution in [2.45, 2.75) is 13.3 Å². The third kappa shape index (κ3) is 3.97. The van der Waals surface area contributed by atoms with Crippen LogP contribution in [0.1, 0.15) is 31.8 Å². The average Bonchev–Trinajstić information content (AvgIpc) is 3.36. The molecule has 0 radical (unpaired) electrons. The number of alkyl halides is 1. The molecule has 0 saturated heterocycles. The maximum absolute atomic E-state index is 13.0. The van der Waals surface area contributed by atoms with Gasteiger partial charge in [-0.25, -0.2) is 4.79 Å². The predicted molar refractivity (Wildman–Crippen MR) is 114 cm³/mol. The number of carboxylic acids is 1. The zero-order valence-electron chi connectivity index (χ0n) is 15.8. The van der Waals surface area contributed by atoms with E-state index in [1.54, 1.807) is 11.0 Å². The van der Waals surface area contributed by atoms with E-state index in [2.05, 4.69) is 11.6 Å². The van der Waals surface area contributed by atoms with Gasteiger partial charge >= 0.3 is 11.9 Å². The Morgan fingerprint density at radius 3 is 2.34 bits per heavy atom. The molecule has 29 heavy (non-hydrogen) atoms. The van der Waals surface area contributed by atoms with Crippen molar-refractivity contribution in [3.05, 3.63) is 57.8 Å². The van der Waals surface area contributed by atoms with Gasteiger partial charge < -0.3 is 14.7 Å².